The van der Waals surface area contributed by atoms with E-state index in [0.29, 0.717) is 13.2 Å². The topological polar surface area (TPSA) is 41.5 Å². The van der Waals surface area contributed by atoms with E-state index in [-0.39, 0.29) is 12.1 Å². The summed E-state index contributed by atoms with van der Waals surface area (Å²) in [7, 11) is 0. The van der Waals surface area contributed by atoms with E-state index in [1.54, 1.807) is 0 Å². The lowest BCUT2D eigenvalue weighted by molar-refractivity contribution is 0.122. The molecule has 1 fully saturated rings. The zero-order valence-electron chi connectivity index (χ0n) is 7.83. The van der Waals surface area contributed by atoms with E-state index >= 15 is 0 Å². The fourth-order valence-corrected chi connectivity index (χ4v) is 1.38. The number of aliphatic hydroxyl groups excluding tert-OH is 1. The van der Waals surface area contributed by atoms with Gasteiger partial charge in [0.1, 0.15) is 0 Å². The average molecular weight is 183 g/mol. The third-order valence-electron chi connectivity index (χ3n) is 2.20. The molecule has 0 aromatic heterocycles. The van der Waals surface area contributed by atoms with Crippen LogP contribution in [0.5, 0.6) is 0 Å². The summed E-state index contributed by atoms with van der Waals surface area (Å²) in [4.78, 5) is 0. The van der Waals surface area contributed by atoms with Crippen molar-refractivity contribution in [2.45, 2.75) is 31.4 Å². The van der Waals surface area contributed by atoms with E-state index in [1.807, 2.05) is 0 Å². The Morgan fingerprint density at radius 1 is 1.46 bits per heavy atom. The summed E-state index contributed by atoms with van der Waals surface area (Å²) in [6, 6.07) is 0.117. The molecule has 0 amide bonds. The standard InChI is InChI=1S/C10H17NO2/c1-2-3-4-5-6-11-9-7-13-8-10(9)12/h1,9-12H,3-8H2. The van der Waals surface area contributed by atoms with Crippen LogP contribution in [0, 0.1) is 12.3 Å². The molecule has 2 unspecified atom stereocenters. The zero-order valence-corrected chi connectivity index (χ0v) is 7.83. The smallest absolute Gasteiger partial charge is 0.0948 e. The SMILES string of the molecule is C#CCCCCNC1COCC1O. The fraction of sp³-hybridized carbons (Fsp3) is 0.800. The third kappa shape index (κ3) is 3.77. The van der Waals surface area contributed by atoms with E-state index in [4.69, 9.17) is 11.2 Å². The van der Waals surface area contributed by atoms with E-state index < -0.39 is 0 Å². The van der Waals surface area contributed by atoms with Gasteiger partial charge in [0.25, 0.3) is 0 Å². The molecule has 0 aromatic carbocycles. The summed E-state index contributed by atoms with van der Waals surface area (Å²) in [5, 5.41) is 12.6. The lowest BCUT2D eigenvalue weighted by Gasteiger charge is -2.13. The van der Waals surface area contributed by atoms with Crippen LogP contribution in [0.1, 0.15) is 19.3 Å². The predicted molar refractivity (Wildman–Crippen MR) is 51.3 cm³/mol. The Balaban J connectivity index is 1.96. The Labute approximate surface area is 79.5 Å². The van der Waals surface area contributed by atoms with Crippen LogP contribution in [0.2, 0.25) is 0 Å². The van der Waals surface area contributed by atoms with Crippen molar-refractivity contribution in [3.63, 3.8) is 0 Å². The highest BCUT2D eigenvalue weighted by Crippen LogP contribution is 2.05. The minimum absolute atomic E-state index is 0.117. The minimum Gasteiger partial charge on any atom is -0.389 e. The molecule has 1 rings (SSSR count). The lowest BCUT2D eigenvalue weighted by atomic mass is 10.2. The molecule has 3 heteroatoms. The summed E-state index contributed by atoms with van der Waals surface area (Å²) in [5.74, 6) is 2.60. The molecule has 1 saturated heterocycles. The van der Waals surface area contributed by atoms with Crippen LogP contribution in [0.15, 0.2) is 0 Å². The molecule has 1 heterocycles. The van der Waals surface area contributed by atoms with Crippen molar-refractivity contribution in [1.29, 1.82) is 0 Å². The molecule has 1 aliphatic heterocycles. The molecule has 3 nitrogen and oxygen atoms in total. The van der Waals surface area contributed by atoms with Crippen LogP contribution < -0.4 is 5.32 Å². The highest BCUT2D eigenvalue weighted by Gasteiger charge is 2.24. The van der Waals surface area contributed by atoms with E-state index in [0.717, 1.165) is 25.8 Å². The van der Waals surface area contributed by atoms with Crippen LogP contribution in [-0.2, 0) is 4.74 Å². The highest BCUT2D eigenvalue weighted by molar-refractivity contribution is 4.83. The molecular weight excluding hydrogens is 166 g/mol. The molecular formula is C10H17NO2. The van der Waals surface area contributed by atoms with E-state index in [1.165, 1.54) is 0 Å². The lowest BCUT2D eigenvalue weighted by Crippen LogP contribution is -2.39. The zero-order chi connectivity index (χ0) is 9.52. The van der Waals surface area contributed by atoms with Crippen LogP contribution in [0.4, 0.5) is 0 Å². The van der Waals surface area contributed by atoms with Gasteiger partial charge in [-0.2, -0.15) is 0 Å². The normalized spacial score (nSPS) is 27.4. The number of hydrogen-bond acceptors (Lipinski definition) is 3. The van der Waals surface area contributed by atoms with E-state index in [9.17, 15) is 5.11 Å². The van der Waals surface area contributed by atoms with Gasteiger partial charge >= 0.3 is 0 Å². The van der Waals surface area contributed by atoms with Gasteiger partial charge in [0.05, 0.1) is 25.4 Å². The second-order valence-electron chi connectivity index (χ2n) is 3.33. The summed E-state index contributed by atoms with van der Waals surface area (Å²) in [6.45, 7) is 1.99. The summed E-state index contributed by atoms with van der Waals surface area (Å²) in [5.41, 5.74) is 0. The molecule has 74 valence electrons. The summed E-state index contributed by atoms with van der Waals surface area (Å²) >= 11 is 0. The molecule has 0 spiro atoms. The molecule has 0 aromatic rings. The Kier molecular flexibility index (Phi) is 4.84. The maximum Gasteiger partial charge on any atom is 0.0948 e. The number of aliphatic hydroxyl groups is 1. The number of terminal acetylenes is 1. The van der Waals surface area contributed by atoms with Gasteiger partial charge in [-0.1, -0.05) is 0 Å². The van der Waals surface area contributed by atoms with Crippen molar-refractivity contribution in [2.24, 2.45) is 0 Å². The molecule has 2 N–H and O–H groups in total. The number of nitrogens with one attached hydrogen (secondary N) is 1. The quantitative estimate of drug-likeness (QED) is 0.470. The van der Waals surface area contributed by atoms with Gasteiger partial charge in [0.15, 0.2) is 0 Å². The minimum atomic E-state index is -0.340. The Morgan fingerprint density at radius 2 is 2.31 bits per heavy atom. The Bertz CT molecular complexity index is 176. The van der Waals surface area contributed by atoms with Crippen LogP contribution >= 0.6 is 0 Å². The van der Waals surface area contributed by atoms with Crippen LogP contribution in [0.3, 0.4) is 0 Å². The second kappa shape index (κ2) is 5.98. The molecule has 0 bridgehead atoms. The monoisotopic (exact) mass is 183 g/mol. The molecule has 0 saturated carbocycles. The van der Waals surface area contributed by atoms with E-state index in [2.05, 4.69) is 11.2 Å². The van der Waals surface area contributed by atoms with Crippen molar-refractivity contribution >= 4 is 0 Å². The van der Waals surface area contributed by atoms with Crippen LogP contribution in [-0.4, -0.2) is 37.0 Å². The first-order chi connectivity index (χ1) is 6.34. The van der Waals surface area contributed by atoms with Crippen molar-refractivity contribution in [1.82, 2.24) is 5.32 Å². The number of unbranched alkanes of at least 4 members (excludes halogenated alkanes) is 2. The molecule has 1 aliphatic rings. The number of rotatable bonds is 5. The molecule has 0 aliphatic carbocycles. The summed E-state index contributed by atoms with van der Waals surface area (Å²) in [6.07, 6.45) is 7.73. The number of hydrogen-bond donors (Lipinski definition) is 2. The first-order valence-corrected chi connectivity index (χ1v) is 4.77. The Morgan fingerprint density at radius 3 is 2.92 bits per heavy atom. The predicted octanol–water partition coefficient (Wildman–Crippen LogP) is 0.139. The second-order valence-corrected chi connectivity index (χ2v) is 3.33. The molecule has 13 heavy (non-hydrogen) atoms. The number of ether oxygens (including phenoxy) is 1. The largest absolute Gasteiger partial charge is 0.389 e. The van der Waals surface area contributed by atoms with Gasteiger partial charge in [-0.05, 0) is 19.4 Å². The van der Waals surface area contributed by atoms with Crippen LogP contribution in [0.25, 0.3) is 0 Å². The first kappa shape index (κ1) is 10.5. The maximum absolute atomic E-state index is 9.37. The van der Waals surface area contributed by atoms with Crippen molar-refractivity contribution in [3.8, 4) is 12.3 Å². The van der Waals surface area contributed by atoms with Gasteiger partial charge in [-0.3, -0.25) is 0 Å². The highest BCUT2D eigenvalue weighted by atomic mass is 16.5. The third-order valence-corrected chi connectivity index (χ3v) is 2.20. The van der Waals surface area contributed by atoms with Gasteiger partial charge in [-0.25, -0.2) is 0 Å². The maximum atomic E-state index is 9.37. The van der Waals surface area contributed by atoms with Crippen molar-refractivity contribution in [2.75, 3.05) is 19.8 Å². The molecule has 2 atom stereocenters. The summed E-state index contributed by atoms with van der Waals surface area (Å²) < 4.78 is 5.10. The van der Waals surface area contributed by atoms with Gasteiger partial charge in [0, 0.05) is 6.42 Å². The van der Waals surface area contributed by atoms with Gasteiger partial charge in [0.2, 0.25) is 0 Å². The fourth-order valence-electron chi connectivity index (χ4n) is 1.38. The van der Waals surface area contributed by atoms with Crippen molar-refractivity contribution < 1.29 is 9.84 Å². The first-order valence-electron chi connectivity index (χ1n) is 4.77. The van der Waals surface area contributed by atoms with Gasteiger partial charge in [-0.15, -0.1) is 12.3 Å². The Hall–Kier alpha value is -0.560. The van der Waals surface area contributed by atoms with Crippen molar-refractivity contribution in [3.05, 3.63) is 0 Å². The molecule has 0 radical (unpaired) electrons. The average Bonchev–Trinajstić information content (AvgIpc) is 2.52. The van der Waals surface area contributed by atoms with Gasteiger partial charge < -0.3 is 15.2 Å².